The fourth-order valence-corrected chi connectivity index (χ4v) is 1.41. The lowest BCUT2D eigenvalue weighted by molar-refractivity contribution is -0.120. The number of ether oxygens (including phenoxy) is 1. The number of hydrogen-bond acceptors (Lipinski definition) is 6. The van der Waals surface area contributed by atoms with Gasteiger partial charge in [-0.05, 0) is 18.6 Å². The SMILES string of the molecule is CCCNc1ccc(C(=O)NCC(=O)NCCOC)nn1. The molecule has 0 fully saturated rings. The van der Waals surface area contributed by atoms with Crippen molar-refractivity contribution in [3.05, 3.63) is 17.8 Å². The molecule has 8 nitrogen and oxygen atoms in total. The van der Waals surface area contributed by atoms with E-state index in [1.54, 1.807) is 19.2 Å². The van der Waals surface area contributed by atoms with E-state index in [9.17, 15) is 9.59 Å². The van der Waals surface area contributed by atoms with Crippen LogP contribution in [0.3, 0.4) is 0 Å². The van der Waals surface area contributed by atoms with Crippen LogP contribution in [-0.2, 0) is 9.53 Å². The van der Waals surface area contributed by atoms with Crippen LogP contribution in [-0.4, -0.2) is 55.4 Å². The minimum Gasteiger partial charge on any atom is -0.383 e. The van der Waals surface area contributed by atoms with E-state index in [0.717, 1.165) is 13.0 Å². The molecule has 8 heteroatoms. The first kappa shape index (κ1) is 16.8. The van der Waals surface area contributed by atoms with Gasteiger partial charge in [-0.1, -0.05) is 6.92 Å². The van der Waals surface area contributed by atoms with Gasteiger partial charge in [0.2, 0.25) is 5.91 Å². The number of hydrogen-bond donors (Lipinski definition) is 3. The number of rotatable bonds is 9. The molecule has 1 rings (SSSR count). The molecule has 1 aromatic heterocycles. The van der Waals surface area contributed by atoms with Crippen LogP contribution < -0.4 is 16.0 Å². The Balaban J connectivity index is 2.36. The zero-order chi connectivity index (χ0) is 15.5. The Bertz CT molecular complexity index is 450. The minimum atomic E-state index is -0.438. The number of carbonyl (C=O) groups is 2. The second kappa shape index (κ2) is 9.65. The summed E-state index contributed by atoms with van der Waals surface area (Å²) in [5.74, 6) is -0.105. The summed E-state index contributed by atoms with van der Waals surface area (Å²) < 4.78 is 4.80. The average molecular weight is 295 g/mol. The van der Waals surface area contributed by atoms with Crippen molar-refractivity contribution in [2.75, 3.05) is 38.7 Å². The number of carbonyl (C=O) groups excluding carboxylic acids is 2. The molecule has 21 heavy (non-hydrogen) atoms. The molecular weight excluding hydrogens is 274 g/mol. The third-order valence-corrected chi connectivity index (χ3v) is 2.49. The van der Waals surface area contributed by atoms with Gasteiger partial charge in [-0.2, -0.15) is 0 Å². The molecule has 0 saturated carbocycles. The van der Waals surface area contributed by atoms with Crippen molar-refractivity contribution in [3.63, 3.8) is 0 Å². The lowest BCUT2D eigenvalue weighted by atomic mass is 10.3. The van der Waals surface area contributed by atoms with Gasteiger partial charge in [0.15, 0.2) is 5.69 Å². The molecule has 0 aliphatic rings. The highest BCUT2D eigenvalue weighted by molar-refractivity contribution is 5.94. The summed E-state index contributed by atoms with van der Waals surface area (Å²) in [4.78, 5) is 23.2. The van der Waals surface area contributed by atoms with E-state index in [0.29, 0.717) is 19.0 Å². The number of anilines is 1. The van der Waals surface area contributed by atoms with E-state index in [1.165, 1.54) is 0 Å². The topological polar surface area (TPSA) is 105 Å². The van der Waals surface area contributed by atoms with Crippen LogP contribution >= 0.6 is 0 Å². The van der Waals surface area contributed by atoms with Crippen molar-refractivity contribution in [1.29, 1.82) is 0 Å². The van der Waals surface area contributed by atoms with E-state index < -0.39 is 5.91 Å². The van der Waals surface area contributed by atoms with E-state index in [2.05, 4.69) is 26.1 Å². The van der Waals surface area contributed by atoms with Crippen LogP contribution in [0.5, 0.6) is 0 Å². The summed E-state index contributed by atoms with van der Waals surface area (Å²) in [6.07, 6.45) is 0.974. The molecule has 0 radical (unpaired) electrons. The molecule has 3 N–H and O–H groups in total. The van der Waals surface area contributed by atoms with Crippen LogP contribution in [0.2, 0.25) is 0 Å². The monoisotopic (exact) mass is 295 g/mol. The molecule has 1 heterocycles. The predicted octanol–water partition coefficient (Wildman–Crippen LogP) is -0.209. The average Bonchev–Trinajstić information content (AvgIpc) is 2.51. The van der Waals surface area contributed by atoms with E-state index in [4.69, 9.17) is 4.74 Å². The van der Waals surface area contributed by atoms with Gasteiger partial charge in [-0.15, -0.1) is 10.2 Å². The maximum absolute atomic E-state index is 11.8. The number of nitrogens with one attached hydrogen (secondary N) is 3. The fraction of sp³-hybridized carbons (Fsp3) is 0.538. The Morgan fingerprint density at radius 2 is 2.00 bits per heavy atom. The molecular formula is C13H21N5O3. The Kier molecular flexibility index (Phi) is 7.73. The smallest absolute Gasteiger partial charge is 0.272 e. The summed E-state index contributed by atoms with van der Waals surface area (Å²) in [7, 11) is 1.55. The van der Waals surface area contributed by atoms with Crippen LogP contribution in [0.15, 0.2) is 12.1 Å². The lowest BCUT2D eigenvalue weighted by Crippen LogP contribution is -2.38. The maximum Gasteiger partial charge on any atom is 0.272 e. The van der Waals surface area contributed by atoms with Gasteiger partial charge in [-0.3, -0.25) is 9.59 Å². The highest BCUT2D eigenvalue weighted by Gasteiger charge is 2.09. The molecule has 0 aliphatic carbocycles. The van der Waals surface area contributed by atoms with Gasteiger partial charge < -0.3 is 20.7 Å². The summed E-state index contributed by atoms with van der Waals surface area (Å²) in [6, 6.07) is 3.24. The number of methoxy groups -OCH3 is 1. The zero-order valence-electron chi connectivity index (χ0n) is 12.3. The molecule has 0 aromatic carbocycles. The molecule has 116 valence electrons. The largest absolute Gasteiger partial charge is 0.383 e. The Hall–Kier alpha value is -2.22. The molecule has 0 saturated heterocycles. The van der Waals surface area contributed by atoms with Crippen LogP contribution in [0.4, 0.5) is 5.82 Å². The first-order chi connectivity index (χ1) is 10.2. The minimum absolute atomic E-state index is 0.111. The second-order valence-corrected chi connectivity index (χ2v) is 4.26. The lowest BCUT2D eigenvalue weighted by Gasteiger charge is -2.06. The fourth-order valence-electron chi connectivity index (χ4n) is 1.41. The third-order valence-electron chi connectivity index (χ3n) is 2.49. The quantitative estimate of drug-likeness (QED) is 0.544. The summed E-state index contributed by atoms with van der Waals surface area (Å²) in [5, 5.41) is 15.8. The van der Waals surface area contributed by atoms with Gasteiger partial charge in [0.25, 0.3) is 5.91 Å². The standard InChI is InChI=1S/C13H21N5O3/c1-3-6-14-11-5-4-10(17-18-11)13(20)16-9-12(19)15-7-8-21-2/h4-5H,3,6-9H2,1-2H3,(H,14,18)(H,15,19)(H,16,20). The van der Waals surface area contributed by atoms with Crippen molar-refractivity contribution < 1.29 is 14.3 Å². The van der Waals surface area contributed by atoms with Crippen LogP contribution in [0.1, 0.15) is 23.8 Å². The van der Waals surface area contributed by atoms with Crippen molar-refractivity contribution in [3.8, 4) is 0 Å². The van der Waals surface area contributed by atoms with Crippen molar-refractivity contribution in [2.24, 2.45) is 0 Å². The first-order valence-corrected chi connectivity index (χ1v) is 6.78. The molecule has 1 aromatic rings. The van der Waals surface area contributed by atoms with Gasteiger partial charge >= 0.3 is 0 Å². The van der Waals surface area contributed by atoms with Crippen molar-refractivity contribution >= 4 is 17.6 Å². The molecule has 0 bridgehead atoms. The summed E-state index contributed by atoms with van der Waals surface area (Å²) in [5.41, 5.74) is 0.168. The summed E-state index contributed by atoms with van der Waals surface area (Å²) >= 11 is 0. The number of nitrogens with zero attached hydrogens (tertiary/aromatic N) is 2. The molecule has 0 spiro atoms. The van der Waals surface area contributed by atoms with Gasteiger partial charge in [0.1, 0.15) is 5.82 Å². The molecule has 0 unspecified atom stereocenters. The van der Waals surface area contributed by atoms with E-state index >= 15 is 0 Å². The van der Waals surface area contributed by atoms with Crippen LogP contribution in [0.25, 0.3) is 0 Å². The Labute approximate surface area is 123 Å². The van der Waals surface area contributed by atoms with E-state index in [1.807, 2.05) is 6.92 Å². The number of aromatic nitrogens is 2. The first-order valence-electron chi connectivity index (χ1n) is 6.78. The maximum atomic E-state index is 11.8. The van der Waals surface area contributed by atoms with Gasteiger partial charge in [-0.25, -0.2) is 0 Å². The van der Waals surface area contributed by atoms with Crippen molar-refractivity contribution in [2.45, 2.75) is 13.3 Å². The van der Waals surface area contributed by atoms with E-state index in [-0.39, 0.29) is 18.1 Å². The van der Waals surface area contributed by atoms with Crippen molar-refractivity contribution in [1.82, 2.24) is 20.8 Å². The number of amides is 2. The molecule has 0 atom stereocenters. The van der Waals surface area contributed by atoms with Crippen LogP contribution in [0, 0.1) is 0 Å². The summed E-state index contributed by atoms with van der Waals surface area (Å²) in [6.45, 7) is 3.56. The Morgan fingerprint density at radius 3 is 2.62 bits per heavy atom. The Morgan fingerprint density at radius 1 is 1.19 bits per heavy atom. The molecule has 0 aliphatic heterocycles. The molecule has 2 amide bonds. The second-order valence-electron chi connectivity index (χ2n) is 4.26. The highest BCUT2D eigenvalue weighted by Crippen LogP contribution is 2.01. The predicted molar refractivity (Wildman–Crippen MR) is 78.0 cm³/mol. The van der Waals surface area contributed by atoms with Gasteiger partial charge in [0.05, 0.1) is 13.2 Å². The third kappa shape index (κ3) is 6.66. The van der Waals surface area contributed by atoms with Gasteiger partial charge in [0, 0.05) is 20.2 Å². The zero-order valence-corrected chi connectivity index (χ0v) is 12.3. The highest BCUT2D eigenvalue weighted by atomic mass is 16.5. The normalized spacial score (nSPS) is 10.0.